The van der Waals surface area contributed by atoms with Gasteiger partial charge in [0.2, 0.25) is 0 Å². The normalized spacial score (nSPS) is 13.3. The summed E-state index contributed by atoms with van der Waals surface area (Å²) in [6.07, 6.45) is 2.62. The molecule has 0 unspecified atom stereocenters. The summed E-state index contributed by atoms with van der Waals surface area (Å²) in [6.45, 7) is 4.60. The number of rotatable bonds is 5. The van der Waals surface area contributed by atoms with Crippen molar-refractivity contribution in [2.24, 2.45) is 5.41 Å². The van der Waals surface area contributed by atoms with E-state index in [0.29, 0.717) is 22.4 Å². The zero-order valence-corrected chi connectivity index (χ0v) is 32.1. The molecule has 0 saturated carbocycles. The second-order valence-corrected chi connectivity index (χ2v) is 14.2. The first-order valence-corrected chi connectivity index (χ1v) is 17.4. The zero-order valence-electron chi connectivity index (χ0n) is 34.7. The molecule has 0 aliphatic rings. The molecule has 3 nitrogen and oxygen atoms in total. The van der Waals surface area contributed by atoms with Crippen LogP contribution in [0.15, 0.2) is 150 Å². The van der Waals surface area contributed by atoms with Crippen LogP contribution in [0.5, 0.6) is 0 Å². The number of pyridine rings is 2. The Kier molecular flexibility index (Phi) is 8.68. The molecule has 0 aliphatic carbocycles. The summed E-state index contributed by atoms with van der Waals surface area (Å²) in [7, 11) is 0. The second-order valence-electron chi connectivity index (χ2n) is 14.2. The summed E-state index contributed by atoms with van der Waals surface area (Å²) in [5.41, 5.74) is 7.65. The molecule has 0 saturated heterocycles. The van der Waals surface area contributed by atoms with Crippen molar-refractivity contribution in [3.63, 3.8) is 0 Å². The fourth-order valence-corrected chi connectivity index (χ4v) is 6.71. The van der Waals surface area contributed by atoms with Crippen molar-refractivity contribution < 1.29 is 31.4 Å². The van der Waals surface area contributed by atoms with E-state index < -0.39 is 13.2 Å². The number of aryl methyl sites for hydroxylation is 1. The second kappa shape index (κ2) is 15.3. The molecule has 0 aliphatic heterocycles. The van der Waals surface area contributed by atoms with Gasteiger partial charge in [0.25, 0.3) is 0 Å². The van der Waals surface area contributed by atoms with Gasteiger partial charge in [0.05, 0.1) is 5.58 Å². The van der Waals surface area contributed by atoms with Crippen LogP contribution in [0.4, 0.5) is 0 Å². The van der Waals surface area contributed by atoms with E-state index >= 15 is 0 Å². The topological polar surface area (TPSA) is 38.9 Å². The minimum atomic E-state index is -2.18. The summed E-state index contributed by atoms with van der Waals surface area (Å²) in [4.78, 5) is 8.85. The fourth-order valence-electron chi connectivity index (χ4n) is 6.71. The fraction of sp³-hybridized carbons (Fsp3) is 0.143. The monoisotopic (exact) mass is 870 g/mol. The summed E-state index contributed by atoms with van der Waals surface area (Å²) in [5.74, 6) is 0. The van der Waals surface area contributed by atoms with Crippen LogP contribution in [0.25, 0.3) is 66.0 Å². The van der Waals surface area contributed by atoms with Crippen molar-refractivity contribution in [1.29, 1.82) is 0 Å². The molecule has 3 aromatic heterocycles. The molecule has 9 rings (SSSR count). The van der Waals surface area contributed by atoms with Gasteiger partial charge < -0.3 is 14.4 Å². The Morgan fingerprint density at radius 2 is 1.43 bits per heavy atom. The molecule has 6 aromatic carbocycles. The number of aromatic nitrogens is 2. The number of nitrogens with zero attached hydrogens (tertiary/aromatic N) is 2. The van der Waals surface area contributed by atoms with Gasteiger partial charge in [-0.2, -0.15) is 0 Å². The van der Waals surface area contributed by atoms with Gasteiger partial charge in [-0.15, -0.1) is 53.6 Å². The van der Waals surface area contributed by atoms with E-state index in [0.717, 1.165) is 45.0 Å². The quantitative estimate of drug-likeness (QED) is 0.128. The molecule has 1 radical (unpaired) electrons. The summed E-state index contributed by atoms with van der Waals surface area (Å²) in [5, 5.41) is 7.07. The predicted molar refractivity (Wildman–Crippen MR) is 216 cm³/mol. The van der Waals surface area contributed by atoms with Gasteiger partial charge in [-0.25, -0.2) is 0 Å². The number of hydrogen-bond donors (Lipinski definition) is 0. The maximum absolute atomic E-state index is 8.35. The Balaban J connectivity index is 0.000000179. The van der Waals surface area contributed by atoms with Gasteiger partial charge in [-0.05, 0) is 64.2 Å². The van der Waals surface area contributed by atoms with Crippen LogP contribution in [0.2, 0.25) is 0 Å². The van der Waals surface area contributed by atoms with Gasteiger partial charge in [-0.1, -0.05) is 140 Å². The molecule has 4 heteroatoms. The molecule has 263 valence electrons. The van der Waals surface area contributed by atoms with Crippen molar-refractivity contribution in [2.75, 3.05) is 0 Å². The number of hydrogen-bond acceptors (Lipinski definition) is 3. The summed E-state index contributed by atoms with van der Waals surface area (Å²) >= 11 is 0. The maximum atomic E-state index is 8.35. The zero-order chi connectivity index (χ0) is 40.0. The number of furan rings is 1. The summed E-state index contributed by atoms with van der Waals surface area (Å²) < 4.78 is 45.4. The molecule has 53 heavy (non-hydrogen) atoms. The molecular weight excluding hydrogens is 825 g/mol. The van der Waals surface area contributed by atoms with Crippen LogP contribution in [-0.2, 0) is 32.9 Å². The third-order valence-corrected chi connectivity index (χ3v) is 9.05. The van der Waals surface area contributed by atoms with Gasteiger partial charge in [-0.3, -0.25) is 0 Å². The van der Waals surface area contributed by atoms with E-state index in [4.69, 9.17) is 11.3 Å². The van der Waals surface area contributed by atoms with Crippen molar-refractivity contribution >= 4 is 43.5 Å². The average Bonchev–Trinajstić information content (AvgIpc) is 3.60. The smallest absolute Gasteiger partial charge is 0.128 e. The molecule has 0 atom stereocenters. The molecule has 0 fully saturated rings. The first-order chi connectivity index (χ1) is 27.3. The molecule has 9 aromatic rings. The Morgan fingerprint density at radius 3 is 2.21 bits per heavy atom. The van der Waals surface area contributed by atoms with Gasteiger partial charge in [0, 0.05) is 50.1 Å². The Labute approximate surface area is 332 Å². The van der Waals surface area contributed by atoms with E-state index in [1.54, 1.807) is 36.4 Å². The SMILES string of the molecule is CC(C)(C)Cc1ccnc(-c2[c-]ccc3c2oc2c3ccc3c4ccccc4ccc32)c1.[2H]C([2H])([2H])c1ccc(-c2[c-]cc(C([2H])([2H])c3ccccc3)cc2)nc1.[Ir]. The summed E-state index contributed by atoms with van der Waals surface area (Å²) in [6, 6.07) is 49.2. The van der Waals surface area contributed by atoms with Crippen LogP contribution < -0.4 is 0 Å². The molecule has 0 amide bonds. The third-order valence-electron chi connectivity index (χ3n) is 9.05. The van der Waals surface area contributed by atoms with Crippen LogP contribution in [0, 0.1) is 24.4 Å². The van der Waals surface area contributed by atoms with E-state index in [2.05, 4.69) is 110 Å². The molecule has 0 spiro atoms. The van der Waals surface area contributed by atoms with E-state index in [1.807, 2.05) is 30.5 Å². The first-order valence-electron chi connectivity index (χ1n) is 19.9. The van der Waals surface area contributed by atoms with Gasteiger partial charge in [0.15, 0.2) is 0 Å². The standard InChI is InChI=1S/C30H24NO.C19H16N.Ir/c1-30(2,3)18-19-15-16-31-27(17-19)26-10-6-9-23-25-14-13-22-21-8-5-4-7-20(21)11-12-24(22)28(25)32-29(23)26;1-15-7-12-19(20-14-15)18-10-8-17(9-11-18)13-16-5-3-2-4-6-16;/h4-9,11-17H,18H2,1-3H3;2-10,12,14H,13H2,1H3;/q2*-1;/i;1D3,13D2;. The van der Waals surface area contributed by atoms with Crippen LogP contribution in [0.3, 0.4) is 0 Å². The number of fused-ring (bicyclic) bond motifs is 7. The maximum Gasteiger partial charge on any atom is 0.128 e. The van der Waals surface area contributed by atoms with Crippen molar-refractivity contribution in [3.8, 4) is 22.5 Å². The minimum absolute atomic E-state index is 0. The molecular formula is C49H40IrN2O-2. The Hall–Kier alpha value is -5.41. The first kappa shape index (κ1) is 30.1. The Morgan fingerprint density at radius 1 is 0.660 bits per heavy atom. The van der Waals surface area contributed by atoms with Crippen LogP contribution in [0.1, 0.15) is 49.9 Å². The van der Waals surface area contributed by atoms with Gasteiger partial charge >= 0.3 is 0 Å². The Bertz CT molecular complexity index is 2860. The molecule has 0 bridgehead atoms. The molecule has 3 heterocycles. The molecule has 0 N–H and O–H groups in total. The third kappa shape index (κ3) is 7.86. The largest absolute Gasteiger partial charge is 0.500 e. The number of benzene rings is 6. The van der Waals surface area contributed by atoms with Crippen molar-refractivity contribution in [2.45, 2.75) is 40.4 Å². The van der Waals surface area contributed by atoms with E-state index in [-0.39, 0.29) is 31.1 Å². The van der Waals surface area contributed by atoms with Gasteiger partial charge in [0.1, 0.15) is 5.58 Å². The van der Waals surface area contributed by atoms with E-state index in [9.17, 15) is 0 Å². The average molecular weight is 870 g/mol. The van der Waals surface area contributed by atoms with Crippen molar-refractivity contribution in [3.05, 3.63) is 180 Å². The van der Waals surface area contributed by atoms with Crippen LogP contribution in [-0.4, -0.2) is 9.97 Å². The van der Waals surface area contributed by atoms with Crippen LogP contribution >= 0.6 is 0 Å². The van der Waals surface area contributed by atoms with E-state index in [1.165, 1.54) is 34.0 Å². The minimum Gasteiger partial charge on any atom is -0.500 e. The predicted octanol–water partition coefficient (Wildman–Crippen LogP) is 12.8. The van der Waals surface area contributed by atoms with Crippen molar-refractivity contribution in [1.82, 2.24) is 9.97 Å².